The van der Waals surface area contributed by atoms with Crippen LogP contribution in [0.15, 0.2) is 53.5 Å². The minimum Gasteiger partial charge on any atom is -0.335 e. The van der Waals surface area contributed by atoms with Gasteiger partial charge < -0.3 is 9.88 Å². The topological polar surface area (TPSA) is 53.2 Å². The number of hydrogen-bond donors (Lipinski definition) is 1. The van der Waals surface area contributed by atoms with E-state index in [2.05, 4.69) is 17.1 Å². The zero-order valence-electron chi connectivity index (χ0n) is 12.5. The average molecular weight is 296 g/mol. The molecule has 0 spiro atoms. The maximum atomic E-state index is 12.6. The summed E-state index contributed by atoms with van der Waals surface area (Å²) in [4.78, 5) is 28.8. The molecule has 1 aromatic carbocycles. The van der Waals surface area contributed by atoms with Crippen LogP contribution in [0.3, 0.4) is 0 Å². The summed E-state index contributed by atoms with van der Waals surface area (Å²) in [6.45, 7) is 0.743. The predicted octanol–water partition coefficient (Wildman–Crippen LogP) is 2.61. The molecule has 1 atom stereocenters. The summed E-state index contributed by atoms with van der Waals surface area (Å²) in [5.74, 6) is -0.141. The standard InChI is InChI=1S/C18H20N2O2/c21-17-16(9-4-12-19-17)18(22)20-13-5-8-15(20)11-10-14-6-2-1-3-7-14/h1-4,6-7,9,12,15H,5,8,10-11,13H2,(H,19,21)/t15-/m1/s1. The van der Waals surface area contributed by atoms with Gasteiger partial charge in [0, 0.05) is 18.8 Å². The fourth-order valence-corrected chi connectivity index (χ4v) is 3.13. The molecule has 0 radical (unpaired) electrons. The van der Waals surface area contributed by atoms with Gasteiger partial charge in [-0.15, -0.1) is 0 Å². The highest BCUT2D eigenvalue weighted by Gasteiger charge is 2.30. The Morgan fingerprint density at radius 1 is 1.18 bits per heavy atom. The third-order valence-corrected chi connectivity index (χ3v) is 4.30. The van der Waals surface area contributed by atoms with E-state index in [0.29, 0.717) is 0 Å². The quantitative estimate of drug-likeness (QED) is 0.943. The first-order valence-corrected chi connectivity index (χ1v) is 7.78. The number of amides is 1. The molecule has 0 unspecified atom stereocenters. The maximum Gasteiger partial charge on any atom is 0.260 e. The molecule has 3 rings (SSSR count). The van der Waals surface area contributed by atoms with Gasteiger partial charge in [-0.25, -0.2) is 0 Å². The highest BCUT2D eigenvalue weighted by molar-refractivity contribution is 5.94. The summed E-state index contributed by atoms with van der Waals surface area (Å²) >= 11 is 0. The SMILES string of the molecule is O=C(c1ccc[nH]c1=O)N1CCC[C@@H]1CCc1ccccc1. The van der Waals surface area contributed by atoms with Gasteiger partial charge in [-0.3, -0.25) is 9.59 Å². The summed E-state index contributed by atoms with van der Waals surface area (Å²) < 4.78 is 0. The molecule has 1 saturated heterocycles. The summed E-state index contributed by atoms with van der Waals surface area (Å²) in [7, 11) is 0. The molecule has 0 saturated carbocycles. The van der Waals surface area contributed by atoms with E-state index in [1.807, 2.05) is 23.1 Å². The number of carbonyl (C=O) groups is 1. The Hall–Kier alpha value is -2.36. The number of carbonyl (C=O) groups excluding carboxylic acids is 1. The molecule has 1 aliphatic rings. The Labute approximate surface area is 129 Å². The van der Waals surface area contributed by atoms with Crippen LogP contribution in [0, 0.1) is 0 Å². The molecule has 1 amide bonds. The molecule has 2 aromatic rings. The fourth-order valence-electron chi connectivity index (χ4n) is 3.13. The second-order valence-corrected chi connectivity index (χ2v) is 5.73. The molecular weight excluding hydrogens is 276 g/mol. The number of aromatic amines is 1. The van der Waals surface area contributed by atoms with Crippen LogP contribution in [0.2, 0.25) is 0 Å². The third-order valence-electron chi connectivity index (χ3n) is 4.30. The second-order valence-electron chi connectivity index (χ2n) is 5.73. The summed E-state index contributed by atoms with van der Waals surface area (Å²) in [6.07, 6.45) is 5.48. The molecule has 0 aliphatic carbocycles. The van der Waals surface area contributed by atoms with E-state index in [-0.39, 0.29) is 23.1 Å². The molecule has 2 heterocycles. The van der Waals surface area contributed by atoms with Gasteiger partial charge in [0.2, 0.25) is 0 Å². The summed E-state index contributed by atoms with van der Waals surface area (Å²) in [5, 5.41) is 0. The van der Waals surface area contributed by atoms with Crippen LogP contribution in [0.4, 0.5) is 0 Å². The monoisotopic (exact) mass is 296 g/mol. The first kappa shape index (κ1) is 14.6. The van der Waals surface area contributed by atoms with Crippen molar-refractivity contribution in [1.82, 2.24) is 9.88 Å². The zero-order valence-corrected chi connectivity index (χ0v) is 12.5. The van der Waals surface area contributed by atoms with Crippen molar-refractivity contribution < 1.29 is 4.79 Å². The molecular formula is C18H20N2O2. The number of likely N-dealkylation sites (tertiary alicyclic amines) is 1. The van der Waals surface area contributed by atoms with Crippen LogP contribution in [0.1, 0.15) is 35.2 Å². The van der Waals surface area contributed by atoms with Crippen molar-refractivity contribution in [1.29, 1.82) is 0 Å². The number of rotatable bonds is 4. The normalized spacial score (nSPS) is 17.6. The van der Waals surface area contributed by atoms with E-state index in [9.17, 15) is 9.59 Å². The molecule has 1 N–H and O–H groups in total. The highest BCUT2D eigenvalue weighted by Crippen LogP contribution is 2.23. The van der Waals surface area contributed by atoms with E-state index >= 15 is 0 Å². The Bertz CT molecular complexity index is 693. The molecule has 1 aliphatic heterocycles. The van der Waals surface area contributed by atoms with Crippen molar-refractivity contribution in [2.45, 2.75) is 31.7 Å². The van der Waals surface area contributed by atoms with E-state index < -0.39 is 0 Å². The number of hydrogen-bond acceptors (Lipinski definition) is 2. The Morgan fingerprint density at radius 3 is 2.77 bits per heavy atom. The predicted molar refractivity (Wildman–Crippen MR) is 85.9 cm³/mol. The minimum atomic E-state index is -0.304. The maximum absolute atomic E-state index is 12.6. The van der Waals surface area contributed by atoms with E-state index in [1.54, 1.807) is 18.3 Å². The van der Waals surface area contributed by atoms with Gasteiger partial charge in [0.1, 0.15) is 5.56 Å². The smallest absolute Gasteiger partial charge is 0.260 e. The molecule has 4 nitrogen and oxygen atoms in total. The molecule has 1 fully saturated rings. The zero-order chi connectivity index (χ0) is 15.4. The molecule has 4 heteroatoms. The lowest BCUT2D eigenvalue weighted by atomic mass is 10.0. The number of nitrogens with one attached hydrogen (secondary N) is 1. The average Bonchev–Trinajstić information content (AvgIpc) is 3.02. The van der Waals surface area contributed by atoms with Crippen molar-refractivity contribution in [3.63, 3.8) is 0 Å². The highest BCUT2D eigenvalue weighted by atomic mass is 16.2. The van der Waals surface area contributed by atoms with Crippen LogP contribution in [-0.2, 0) is 6.42 Å². The lowest BCUT2D eigenvalue weighted by Gasteiger charge is -2.24. The van der Waals surface area contributed by atoms with Gasteiger partial charge in [-0.2, -0.15) is 0 Å². The Balaban J connectivity index is 1.69. The first-order valence-electron chi connectivity index (χ1n) is 7.78. The second kappa shape index (κ2) is 6.60. The number of nitrogens with zero attached hydrogens (tertiary/aromatic N) is 1. The first-order chi connectivity index (χ1) is 10.8. The van der Waals surface area contributed by atoms with Gasteiger partial charge in [0.05, 0.1) is 0 Å². The molecule has 22 heavy (non-hydrogen) atoms. The van der Waals surface area contributed by atoms with Crippen molar-refractivity contribution in [3.8, 4) is 0 Å². The largest absolute Gasteiger partial charge is 0.335 e. The lowest BCUT2D eigenvalue weighted by Crippen LogP contribution is -2.38. The summed E-state index contributed by atoms with van der Waals surface area (Å²) in [5.41, 5.74) is 1.23. The van der Waals surface area contributed by atoms with Gasteiger partial charge in [0.15, 0.2) is 0 Å². The van der Waals surface area contributed by atoms with Crippen molar-refractivity contribution in [3.05, 3.63) is 70.1 Å². The van der Waals surface area contributed by atoms with E-state index in [0.717, 1.165) is 32.2 Å². The molecule has 0 bridgehead atoms. The fraction of sp³-hybridized carbons (Fsp3) is 0.333. The number of benzene rings is 1. The van der Waals surface area contributed by atoms with Crippen LogP contribution >= 0.6 is 0 Å². The number of aromatic nitrogens is 1. The van der Waals surface area contributed by atoms with Crippen LogP contribution in [0.5, 0.6) is 0 Å². The minimum absolute atomic E-state index is 0.141. The molecule has 1 aromatic heterocycles. The van der Waals surface area contributed by atoms with E-state index in [4.69, 9.17) is 0 Å². The lowest BCUT2D eigenvalue weighted by molar-refractivity contribution is 0.0729. The van der Waals surface area contributed by atoms with Crippen molar-refractivity contribution in [2.24, 2.45) is 0 Å². The summed E-state index contributed by atoms with van der Waals surface area (Å²) in [6, 6.07) is 13.8. The third kappa shape index (κ3) is 3.11. The number of aryl methyl sites for hydroxylation is 1. The van der Waals surface area contributed by atoms with Gasteiger partial charge >= 0.3 is 0 Å². The number of pyridine rings is 1. The van der Waals surface area contributed by atoms with E-state index in [1.165, 1.54) is 5.56 Å². The van der Waals surface area contributed by atoms with Gasteiger partial charge in [-0.05, 0) is 43.4 Å². The van der Waals surface area contributed by atoms with Crippen LogP contribution in [-0.4, -0.2) is 28.4 Å². The van der Waals surface area contributed by atoms with Crippen molar-refractivity contribution >= 4 is 5.91 Å². The Morgan fingerprint density at radius 2 is 2.00 bits per heavy atom. The van der Waals surface area contributed by atoms with Crippen LogP contribution < -0.4 is 5.56 Å². The number of H-pyrrole nitrogens is 1. The van der Waals surface area contributed by atoms with Crippen molar-refractivity contribution in [2.75, 3.05) is 6.54 Å². The van der Waals surface area contributed by atoms with Gasteiger partial charge in [0.25, 0.3) is 11.5 Å². The van der Waals surface area contributed by atoms with Gasteiger partial charge in [-0.1, -0.05) is 30.3 Å². The van der Waals surface area contributed by atoms with Crippen LogP contribution in [0.25, 0.3) is 0 Å². The molecule has 114 valence electrons. The Kier molecular flexibility index (Phi) is 4.37.